The van der Waals surface area contributed by atoms with Crippen LogP contribution in [0.25, 0.3) is 0 Å². The van der Waals surface area contributed by atoms with Crippen LogP contribution in [0.4, 0.5) is 4.39 Å². The van der Waals surface area contributed by atoms with Crippen molar-refractivity contribution >= 4 is 10.0 Å². The Kier molecular flexibility index (Phi) is 4.40. The summed E-state index contributed by atoms with van der Waals surface area (Å²) in [5.74, 6) is -0.0987. The molecule has 0 saturated heterocycles. The fourth-order valence-electron chi connectivity index (χ4n) is 1.95. The average molecular weight is 313 g/mol. The summed E-state index contributed by atoms with van der Waals surface area (Å²) in [5.41, 5.74) is 7.11. The van der Waals surface area contributed by atoms with Gasteiger partial charge in [0.1, 0.15) is 11.6 Å². The van der Waals surface area contributed by atoms with Crippen LogP contribution in [0.1, 0.15) is 22.6 Å². The van der Waals surface area contributed by atoms with Gasteiger partial charge in [-0.2, -0.15) is 0 Å². The first-order valence-electron chi connectivity index (χ1n) is 6.25. The minimum Gasteiger partial charge on any atom is -0.361 e. The Morgan fingerprint density at radius 1 is 1.38 bits per heavy atom. The molecule has 0 aliphatic rings. The Bertz CT molecular complexity index is 737. The number of hydrogen-bond donors (Lipinski definition) is 2. The van der Waals surface area contributed by atoms with E-state index in [1.54, 1.807) is 13.8 Å². The van der Waals surface area contributed by atoms with Gasteiger partial charge in [-0.1, -0.05) is 11.2 Å². The maximum Gasteiger partial charge on any atom is 0.241 e. The summed E-state index contributed by atoms with van der Waals surface area (Å²) in [6, 6.07) is 3.49. The lowest BCUT2D eigenvalue weighted by Gasteiger charge is -2.10. The van der Waals surface area contributed by atoms with Crippen LogP contribution in [-0.4, -0.2) is 13.6 Å². The molecule has 0 amide bonds. The quantitative estimate of drug-likeness (QED) is 0.868. The second kappa shape index (κ2) is 5.92. The molecular formula is C13H16FN3O3S. The summed E-state index contributed by atoms with van der Waals surface area (Å²) in [5, 5.41) is 3.75. The van der Waals surface area contributed by atoms with Gasteiger partial charge in [-0.05, 0) is 31.5 Å². The number of aryl methyl sites for hydroxylation is 2. The second-order valence-electron chi connectivity index (χ2n) is 4.58. The van der Waals surface area contributed by atoms with Gasteiger partial charge in [0.25, 0.3) is 0 Å². The topological polar surface area (TPSA) is 98.2 Å². The molecule has 21 heavy (non-hydrogen) atoms. The second-order valence-corrected chi connectivity index (χ2v) is 6.32. The Morgan fingerprint density at radius 2 is 2.10 bits per heavy atom. The molecule has 1 aromatic heterocycles. The molecule has 3 N–H and O–H groups in total. The maximum atomic E-state index is 13.3. The molecule has 2 rings (SSSR count). The number of aromatic nitrogens is 1. The van der Waals surface area contributed by atoms with Gasteiger partial charge in [-0.3, -0.25) is 0 Å². The number of halogens is 1. The van der Waals surface area contributed by atoms with Crippen molar-refractivity contribution < 1.29 is 17.3 Å². The van der Waals surface area contributed by atoms with Crippen LogP contribution in [0.2, 0.25) is 0 Å². The standard InChI is InChI=1S/C13H16FN3O3S/c1-8-12(9(2)20-17-8)7-16-21(18,19)13-5-11(14)4-3-10(13)6-15/h3-5,16H,6-7,15H2,1-2H3. The van der Waals surface area contributed by atoms with Crippen molar-refractivity contribution in [1.29, 1.82) is 0 Å². The normalized spacial score (nSPS) is 11.8. The van der Waals surface area contributed by atoms with Crippen molar-refractivity contribution in [2.24, 2.45) is 5.73 Å². The Morgan fingerprint density at radius 3 is 2.67 bits per heavy atom. The third-order valence-electron chi connectivity index (χ3n) is 3.16. The third-order valence-corrected chi connectivity index (χ3v) is 4.64. The van der Waals surface area contributed by atoms with Crippen molar-refractivity contribution in [2.75, 3.05) is 0 Å². The van der Waals surface area contributed by atoms with Crippen molar-refractivity contribution in [2.45, 2.75) is 31.8 Å². The van der Waals surface area contributed by atoms with Crippen molar-refractivity contribution in [3.05, 3.63) is 46.6 Å². The molecule has 6 nitrogen and oxygen atoms in total. The molecule has 0 bridgehead atoms. The van der Waals surface area contributed by atoms with Gasteiger partial charge in [0.15, 0.2) is 0 Å². The summed E-state index contributed by atoms with van der Waals surface area (Å²) < 4.78 is 45.3. The molecule has 0 fully saturated rings. The smallest absolute Gasteiger partial charge is 0.241 e. The van der Waals surface area contributed by atoms with Crippen LogP contribution in [0, 0.1) is 19.7 Å². The zero-order valence-electron chi connectivity index (χ0n) is 11.7. The number of sulfonamides is 1. The van der Waals surface area contributed by atoms with Crippen LogP contribution in [0.3, 0.4) is 0 Å². The van der Waals surface area contributed by atoms with Crippen molar-refractivity contribution in [3.63, 3.8) is 0 Å². The first-order chi connectivity index (χ1) is 9.85. The molecule has 8 heteroatoms. The molecule has 2 aromatic rings. The lowest BCUT2D eigenvalue weighted by atomic mass is 10.2. The molecule has 0 saturated carbocycles. The van der Waals surface area contributed by atoms with Gasteiger partial charge in [0.2, 0.25) is 10.0 Å². The van der Waals surface area contributed by atoms with Crippen LogP contribution < -0.4 is 10.5 Å². The van der Waals surface area contributed by atoms with E-state index in [0.29, 0.717) is 22.6 Å². The van der Waals surface area contributed by atoms with E-state index in [4.69, 9.17) is 10.3 Å². The summed E-state index contributed by atoms with van der Waals surface area (Å²) >= 11 is 0. The molecule has 1 heterocycles. The monoisotopic (exact) mass is 313 g/mol. The molecule has 1 aromatic carbocycles. The number of benzene rings is 1. The van der Waals surface area contributed by atoms with Gasteiger partial charge in [-0.25, -0.2) is 17.5 Å². The van der Waals surface area contributed by atoms with Gasteiger partial charge in [0, 0.05) is 18.7 Å². The van der Waals surface area contributed by atoms with E-state index in [9.17, 15) is 12.8 Å². The summed E-state index contributed by atoms with van der Waals surface area (Å²) in [4.78, 5) is -0.156. The molecule has 0 unspecified atom stereocenters. The third kappa shape index (κ3) is 3.29. The molecule has 0 atom stereocenters. The fraction of sp³-hybridized carbons (Fsp3) is 0.308. The molecule has 114 valence electrons. The zero-order chi connectivity index (χ0) is 15.6. The fourth-order valence-corrected chi connectivity index (χ4v) is 3.20. The largest absolute Gasteiger partial charge is 0.361 e. The first-order valence-corrected chi connectivity index (χ1v) is 7.73. The van der Waals surface area contributed by atoms with Gasteiger partial charge < -0.3 is 10.3 Å². The molecule has 0 spiro atoms. The predicted molar refractivity (Wildman–Crippen MR) is 74.3 cm³/mol. The van der Waals surface area contributed by atoms with Gasteiger partial charge in [-0.15, -0.1) is 0 Å². The number of hydrogen-bond acceptors (Lipinski definition) is 5. The van der Waals surface area contributed by atoms with Crippen LogP contribution in [-0.2, 0) is 23.1 Å². The summed E-state index contributed by atoms with van der Waals surface area (Å²) in [6.07, 6.45) is 0. The van der Waals surface area contributed by atoms with E-state index in [2.05, 4.69) is 9.88 Å². The highest BCUT2D eigenvalue weighted by molar-refractivity contribution is 7.89. The predicted octanol–water partition coefficient (Wildman–Crippen LogP) is 1.37. The number of nitrogens with zero attached hydrogens (tertiary/aromatic N) is 1. The molecule has 0 radical (unpaired) electrons. The number of rotatable bonds is 5. The van der Waals surface area contributed by atoms with Crippen LogP contribution >= 0.6 is 0 Å². The van der Waals surface area contributed by atoms with Crippen molar-refractivity contribution in [1.82, 2.24) is 9.88 Å². The van der Waals surface area contributed by atoms with E-state index in [0.717, 1.165) is 6.07 Å². The van der Waals surface area contributed by atoms with E-state index in [-0.39, 0.29) is 18.0 Å². The molecule has 0 aliphatic carbocycles. The Balaban J connectivity index is 2.29. The van der Waals surface area contributed by atoms with E-state index in [1.165, 1.54) is 12.1 Å². The van der Waals surface area contributed by atoms with Gasteiger partial charge >= 0.3 is 0 Å². The van der Waals surface area contributed by atoms with Gasteiger partial charge in [0.05, 0.1) is 10.6 Å². The van der Waals surface area contributed by atoms with E-state index >= 15 is 0 Å². The maximum absolute atomic E-state index is 13.3. The van der Waals surface area contributed by atoms with Crippen LogP contribution in [0.5, 0.6) is 0 Å². The van der Waals surface area contributed by atoms with Crippen LogP contribution in [0.15, 0.2) is 27.6 Å². The average Bonchev–Trinajstić information content (AvgIpc) is 2.76. The first kappa shape index (κ1) is 15.6. The van der Waals surface area contributed by atoms with E-state index < -0.39 is 15.8 Å². The summed E-state index contributed by atoms with van der Waals surface area (Å²) in [6.45, 7) is 3.43. The lowest BCUT2D eigenvalue weighted by molar-refractivity contribution is 0.392. The highest BCUT2D eigenvalue weighted by Crippen LogP contribution is 2.18. The summed E-state index contributed by atoms with van der Waals surface area (Å²) in [7, 11) is -3.87. The highest BCUT2D eigenvalue weighted by Gasteiger charge is 2.20. The number of nitrogens with two attached hydrogens (primary N) is 1. The van der Waals surface area contributed by atoms with Crippen molar-refractivity contribution in [3.8, 4) is 0 Å². The number of nitrogens with one attached hydrogen (secondary N) is 1. The van der Waals surface area contributed by atoms with E-state index in [1.807, 2.05) is 0 Å². The minimum atomic E-state index is -3.87. The highest BCUT2D eigenvalue weighted by atomic mass is 32.2. The zero-order valence-corrected chi connectivity index (χ0v) is 12.5. The SMILES string of the molecule is Cc1noc(C)c1CNS(=O)(=O)c1cc(F)ccc1CN. The minimum absolute atomic E-state index is 0.00183. The Hall–Kier alpha value is -1.77. The lowest BCUT2D eigenvalue weighted by Crippen LogP contribution is -2.25. The Labute approximate surface area is 122 Å². The molecule has 0 aliphatic heterocycles. The molecular weight excluding hydrogens is 297 g/mol.